The summed E-state index contributed by atoms with van der Waals surface area (Å²) < 4.78 is 1.13. The number of thioether (sulfide) groups is 1. The maximum atomic E-state index is 11.9. The van der Waals surface area contributed by atoms with Gasteiger partial charge in [-0.25, -0.2) is 15.0 Å². The zero-order valence-corrected chi connectivity index (χ0v) is 13.7. The summed E-state index contributed by atoms with van der Waals surface area (Å²) in [6, 6.07) is 7.65. The molecule has 2 heterocycles. The largest absolute Gasteiger partial charge is 0.341 e. The molecule has 21 heavy (non-hydrogen) atoms. The second-order valence-corrected chi connectivity index (χ2v) is 6.33. The number of imidazole rings is 1. The summed E-state index contributed by atoms with van der Waals surface area (Å²) in [6.45, 7) is 0. The topological polar surface area (TPSA) is 83.6 Å². The molecule has 0 bridgehead atoms. The molecular formula is C13H10IN5OS. The standard InChI is InChI=1S/C13H10IN5OS/c14-8-1-3-9(4-2-8)19-10(20)5-21-13-11-12(16-6-15-11)17-7-18-13/h1-4,6-7H,5H2,(H,19,20)(H,15,16,17,18). The smallest absolute Gasteiger partial charge is 0.234 e. The second kappa shape index (κ2) is 6.39. The number of fused-ring (bicyclic) bond motifs is 1. The first-order valence-electron chi connectivity index (χ1n) is 6.04. The number of nitrogens with zero attached hydrogens (tertiary/aromatic N) is 3. The van der Waals surface area contributed by atoms with E-state index in [2.05, 4.69) is 47.8 Å². The van der Waals surface area contributed by atoms with Crippen molar-refractivity contribution in [1.29, 1.82) is 0 Å². The van der Waals surface area contributed by atoms with Crippen molar-refractivity contribution in [3.63, 3.8) is 0 Å². The van der Waals surface area contributed by atoms with Gasteiger partial charge in [0.15, 0.2) is 5.65 Å². The number of hydrogen-bond donors (Lipinski definition) is 2. The van der Waals surface area contributed by atoms with E-state index in [9.17, 15) is 4.79 Å². The van der Waals surface area contributed by atoms with E-state index in [-0.39, 0.29) is 11.7 Å². The molecule has 106 valence electrons. The molecule has 0 unspecified atom stereocenters. The van der Waals surface area contributed by atoms with Crippen LogP contribution in [-0.2, 0) is 4.79 Å². The number of carbonyl (C=O) groups is 1. The number of aromatic amines is 1. The lowest BCUT2D eigenvalue weighted by atomic mass is 10.3. The van der Waals surface area contributed by atoms with Crippen LogP contribution in [0.5, 0.6) is 0 Å². The molecule has 1 aromatic carbocycles. The summed E-state index contributed by atoms with van der Waals surface area (Å²) in [5.74, 6) is 0.199. The van der Waals surface area contributed by atoms with E-state index in [1.807, 2.05) is 24.3 Å². The number of carbonyl (C=O) groups excluding carboxylic acids is 1. The SMILES string of the molecule is O=C(CSc1ncnc2nc[nH]c12)Nc1ccc(I)cc1. The minimum atomic E-state index is -0.0764. The molecule has 0 saturated heterocycles. The number of hydrogen-bond acceptors (Lipinski definition) is 5. The minimum Gasteiger partial charge on any atom is -0.341 e. The van der Waals surface area contributed by atoms with Crippen LogP contribution in [-0.4, -0.2) is 31.6 Å². The molecule has 0 aliphatic carbocycles. The van der Waals surface area contributed by atoms with Gasteiger partial charge >= 0.3 is 0 Å². The van der Waals surface area contributed by atoms with Crippen LogP contribution < -0.4 is 5.32 Å². The molecule has 2 N–H and O–H groups in total. The summed E-state index contributed by atoms with van der Waals surface area (Å²) in [7, 11) is 0. The second-order valence-electron chi connectivity index (χ2n) is 4.12. The van der Waals surface area contributed by atoms with E-state index in [1.165, 1.54) is 18.1 Å². The number of rotatable bonds is 4. The van der Waals surface area contributed by atoms with Gasteiger partial charge in [-0.1, -0.05) is 11.8 Å². The van der Waals surface area contributed by atoms with E-state index in [4.69, 9.17) is 0 Å². The third-order valence-corrected chi connectivity index (χ3v) is 4.36. The lowest BCUT2D eigenvalue weighted by molar-refractivity contribution is -0.113. The third kappa shape index (κ3) is 3.50. The Morgan fingerprint density at radius 1 is 1.24 bits per heavy atom. The molecule has 0 aliphatic rings. The Balaban J connectivity index is 1.63. The molecule has 2 aromatic heterocycles. The van der Waals surface area contributed by atoms with Gasteiger partial charge in [0.2, 0.25) is 5.91 Å². The zero-order chi connectivity index (χ0) is 14.7. The normalized spacial score (nSPS) is 10.7. The number of anilines is 1. The minimum absolute atomic E-state index is 0.0764. The van der Waals surface area contributed by atoms with Crippen molar-refractivity contribution in [3.8, 4) is 0 Å². The average molecular weight is 411 g/mol. The fourth-order valence-electron chi connectivity index (χ4n) is 1.72. The highest BCUT2D eigenvalue weighted by molar-refractivity contribution is 14.1. The van der Waals surface area contributed by atoms with E-state index < -0.39 is 0 Å². The van der Waals surface area contributed by atoms with Gasteiger partial charge in [-0.15, -0.1) is 0 Å². The molecule has 0 aliphatic heterocycles. The van der Waals surface area contributed by atoms with Crippen LogP contribution in [0.3, 0.4) is 0 Å². The number of halogens is 1. The number of H-pyrrole nitrogens is 1. The predicted molar refractivity (Wildman–Crippen MR) is 90.2 cm³/mol. The third-order valence-electron chi connectivity index (χ3n) is 2.66. The van der Waals surface area contributed by atoms with Gasteiger partial charge in [0, 0.05) is 9.26 Å². The molecular weight excluding hydrogens is 401 g/mol. The monoisotopic (exact) mass is 411 g/mol. The van der Waals surface area contributed by atoms with Crippen LogP contribution in [0.4, 0.5) is 5.69 Å². The lowest BCUT2D eigenvalue weighted by Crippen LogP contribution is -2.14. The Kier molecular flexibility index (Phi) is 4.34. The highest BCUT2D eigenvalue weighted by Crippen LogP contribution is 2.22. The predicted octanol–water partition coefficient (Wildman–Crippen LogP) is 2.69. The Morgan fingerprint density at radius 3 is 2.86 bits per heavy atom. The van der Waals surface area contributed by atoms with Crippen molar-refractivity contribution < 1.29 is 4.79 Å². The van der Waals surface area contributed by atoms with Gasteiger partial charge in [0.05, 0.1) is 12.1 Å². The first-order chi connectivity index (χ1) is 10.2. The van der Waals surface area contributed by atoms with Crippen LogP contribution in [0.15, 0.2) is 41.9 Å². The highest BCUT2D eigenvalue weighted by atomic mass is 127. The summed E-state index contributed by atoms with van der Waals surface area (Å²) in [5, 5.41) is 3.57. The summed E-state index contributed by atoms with van der Waals surface area (Å²) in [5.41, 5.74) is 2.14. The molecule has 6 nitrogen and oxygen atoms in total. The average Bonchev–Trinajstić information content (AvgIpc) is 2.96. The quantitative estimate of drug-likeness (QED) is 0.392. The zero-order valence-electron chi connectivity index (χ0n) is 10.7. The van der Waals surface area contributed by atoms with Gasteiger partial charge in [-0.2, -0.15) is 0 Å². The first kappa shape index (κ1) is 14.3. The number of benzene rings is 1. The highest BCUT2D eigenvalue weighted by Gasteiger charge is 2.09. The Hall–Kier alpha value is -1.68. The Morgan fingerprint density at radius 2 is 2.05 bits per heavy atom. The lowest BCUT2D eigenvalue weighted by Gasteiger charge is -2.05. The summed E-state index contributed by atoms with van der Waals surface area (Å²) in [6.07, 6.45) is 3.01. The van der Waals surface area contributed by atoms with Gasteiger partial charge in [0.1, 0.15) is 16.9 Å². The molecule has 3 aromatic rings. The van der Waals surface area contributed by atoms with Crippen molar-refractivity contribution in [2.45, 2.75) is 5.03 Å². The molecule has 3 rings (SSSR count). The van der Waals surface area contributed by atoms with Crippen molar-refractivity contribution in [2.75, 3.05) is 11.1 Å². The van der Waals surface area contributed by atoms with Gasteiger partial charge in [-0.05, 0) is 46.9 Å². The first-order valence-corrected chi connectivity index (χ1v) is 8.11. The molecule has 0 atom stereocenters. The number of amides is 1. The maximum absolute atomic E-state index is 11.9. The Labute approximate surface area is 138 Å². The van der Waals surface area contributed by atoms with Gasteiger partial charge in [-0.3, -0.25) is 4.79 Å². The van der Waals surface area contributed by atoms with Crippen molar-refractivity contribution >= 4 is 57.1 Å². The fourth-order valence-corrected chi connectivity index (χ4v) is 2.83. The molecule has 8 heteroatoms. The fraction of sp³-hybridized carbons (Fsp3) is 0.0769. The van der Waals surface area contributed by atoms with E-state index in [1.54, 1.807) is 6.33 Å². The summed E-state index contributed by atoms with van der Waals surface area (Å²) in [4.78, 5) is 27.2. The van der Waals surface area contributed by atoms with E-state index in [0.717, 1.165) is 19.8 Å². The van der Waals surface area contributed by atoms with Gasteiger partial charge in [0.25, 0.3) is 0 Å². The van der Waals surface area contributed by atoms with Crippen molar-refractivity contribution in [2.24, 2.45) is 0 Å². The molecule has 1 amide bonds. The van der Waals surface area contributed by atoms with E-state index in [0.29, 0.717) is 5.65 Å². The number of nitrogens with one attached hydrogen (secondary N) is 2. The molecule has 0 fully saturated rings. The molecule has 0 spiro atoms. The van der Waals surface area contributed by atoms with Crippen LogP contribution in [0.25, 0.3) is 11.2 Å². The van der Waals surface area contributed by atoms with Crippen LogP contribution in [0, 0.1) is 3.57 Å². The summed E-state index contributed by atoms with van der Waals surface area (Å²) >= 11 is 3.57. The van der Waals surface area contributed by atoms with Crippen LogP contribution in [0.2, 0.25) is 0 Å². The van der Waals surface area contributed by atoms with Crippen LogP contribution >= 0.6 is 34.4 Å². The van der Waals surface area contributed by atoms with Crippen molar-refractivity contribution in [3.05, 3.63) is 40.5 Å². The maximum Gasteiger partial charge on any atom is 0.234 e. The van der Waals surface area contributed by atoms with Gasteiger partial charge < -0.3 is 10.3 Å². The van der Waals surface area contributed by atoms with Crippen LogP contribution in [0.1, 0.15) is 0 Å². The van der Waals surface area contributed by atoms with Crippen molar-refractivity contribution in [1.82, 2.24) is 19.9 Å². The molecule has 0 saturated carbocycles. The Bertz CT molecular complexity index is 774. The number of aromatic nitrogens is 4. The molecule has 0 radical (unpaired) electrons. The van der Waals surface area contributed by atoms with E-state index >= 15 is 0 Å².